The fourth-order valence-corrected chi connectivity index (χ4v) is 15.2. The molecule has 19 aromatic carbocycles. The molecule has 0 bridgehead atoms. The van der Waals surface area contributed by atoms with E-state index in [1.807, 2.05) is 200 Å². The lowest BCUT2D eigenvalue weighted by Crippen LogP contribution is -1.92. The van der Waals surface area contributed by atoms with E-state index < -0.39 is 48.3 Å². The molecule has 2 heteroatoms. The molecule has 0 aliphatic rings. The molecule has 0 unspecified atom stereocenters. The van der Waals surface area contributed by atoms with E-state index in [0.717, 1.165) is 86.9 Å². The SMILES string of the molecule is [2H]c1c([2H])c([2H])c2c(-c3ccc(-c4cc5ccccc5c5ccccc45)c4oc5ccccc5c34)c3c([2H])c([2H])c([2H])c([2H])c3c(-c3ccc4ccccc4c3)c2c1[2H].[2H]c1c([2H])c([2H])c2c(-c3ccc(-c4ccc5ccccc5c4)c4oc5ccccc5c34)c3c([2H])c([2H])c([2H])c([2H])c3c(-c3ccc4ccccc4c3)c2c1[2H]. The molecule has 0 atom stereocenters. The summed E-state index contributed by atoms with van der Waals surface area (Å²) < 4.78 is 161. The molecule has 454 valence electrons. The van der Waals surface area contributed by atoms with Crippen molar-refractivity contribution in [2.75, 3.05) is 0 Å². The van der Waals surface area contributed by atoms with E-state index in [0.29, 0.717) is 66.5 Å². The molecule has 0 aliphatic heterocycles. The summed E-state index contributed by atoms with van der Waals surface area (Å²) >= 11 is 0. The molecule has 0 aliphatic carbocycles. The van der Waals surface area contributed by atoms with Gasteiger partial charge in [-0.25, -0.2) is 0 Å². The summed E-state index contributed by atoms with van der Waals surface area (Å²) in [5.41, 5.74) is 9.19. The first-order valence-electron chi connectivity index (χ1n) is 40.5. The molecule has 21 rings (SSSR count). The van der Waals surface area contributed by atoms with Crippen LogP contribution in [0.15, 0.2) is 360 Å². The van der Waals surface area contributed by atoms with Crippen molar-refractivity contribution in [3.8, 4) is 66.8 Å². The zero-order valence-corrected chi connectivity index (χ0v) is 52.1. The standard InChI is InChI=1S/C50H30O.C46H28O/c1-2-14-32-29-34(26-25-31(32)13-1)47-38-19-7-9-21-40(38)48(41-22-10-8-20-39(41)47)44-28-27-42(50-49(44)43-23-11-12-24-46(43)51-50)45-30-33-15-3-4-16-35(33)36-17-5-6-18-37(36)45;1-3-13-31-27-33(23-21-29(31)11-1)35-25-26-41(45-40-19-9-10-20-42(40)47-46(35)45)44-38-17-7-5-15-36(38)43(37-16-6-8-18-39(37)44)34-24-22-30-12-2-4-14-32(30)28-34/h1-30H;1-28H/i7D,8D,9D,10D,19D,20D,21D,22D;5D,6D,7D,8D,15D,16D,17D,18D. The van der Waals surface area contributed by atoms with Crippen LogP contribution in [0.4, 0.5) is 0 Å². The zero-order valence-electron chi connectivity index (χ0n) is 68.1. The van der Waals surface area contributed by atoms with Gasteiger partial charge >= 0.3 is 0 Å². The van der Waals surface area contributed by atoms with Crippen molar-refractivity contribution in [3.63, 3.8) is 0 Å². The molecular weight excluding hydrogens is 1190 g/mol. The quantitative estimate of drug-likeness (QED) is 0.123. The second kappa shape index (κ2) is 22.4. The third-order valence-electron chi connectivity index (χ3n) is 19.5. The average Bonchev–Trinajstić information content (AvgIpc) is 1.01. The van der Waals surface area contributed by atoms with E-state index in [-0.39, 0.29) is 103 Å². The van der Waals surface area contributed by atoms with Gasteiger partial charge in [0.2, 0.25) is 0 Å². The van der Waals surface area contributed by atoms with Gasteiger partial charge in [-0.15, -0.1) is 0 Å². The Hall–Kier alpha value is -12.9. The van der Waals surface area contributed by atoms with Gasteiger partial charge in [0.15, 0.2) is 0 Å². The van der Waals surface area contributed by atoms with Crippen molar-refractivity contribution in [3.05, 3.63) is 351 Å². The van der Waals surface area contributed by atoms with Gasteiger partial charge in [-0.3, -0.25) is 0 Å². The van der Waals surface area contributed by atoms with Crippen LogP contribution in [0.1, 0.15) is 21.9 Å². The molecule has 0 saturated heterocycles. The Balaban J connectivity index is 0.000000148. The first-order chi connectivity index (χ1) is 55.3. The van der Waals surface area contributed by atoms with E-state index in [4.69, 9.17) is 19.8 Å². The van der Waals surface area contributed by atoms with Crippen LogP contribution in [0, 0.1) is 0 Å². The van der Waals surface area contributed by atoms with Crippen molar-refractivity contribution < 1.29 is 30.8 Å². The summed E-state index contributed by atoms with van der Waals surface area (Å²) in [5, 5.41) is 14.3. The lowest BCUT2D eigenvalue weighted by Gasteiger charge is -2.19. The maximum atomic E-state index is 9.57. The van der Waals surface area contributed by atoms with Crippen molar-refractivity contribution in [2.24, 2.45) is 0 Å². The molecule has 2 heterocycles. The fraction of sp³-hybridized carbons (Fsp3) is 0. The van der Waals surface area contributed by atoms with E-state index in [9.17, 15) is 11.0 Å². The molecule has 2 aromatic heterocycles. The average molecular weight is 1260 g/mol. The van der Waals surface area contributed by atoms with Crippen LogP contribution in [0.2, 0.25) is 0 Å². The van der Waals surface area contributed by atoms with Crippen LogP contribution in [-0.2, 0) is 0 Å². The predicted molar refractivity (Wildman–Crippen MR) is 418 cm³/mol. The molecule has 0 N–H and O–H groups in total. The minimum absolute atomic E-state index is 0.159. The number of furan rings is 2. The molecule has 0 spiro atoms. The molecular formula is C96H58O2. The molecule has 21 aromatic rings. The summed E-state index contributed by atoms with van der Waals surface area (Å²) in [5.74, 6) is 0. The van der Waals surface area contributed by atoms with Gasteiger partial charge in [-0.1, -0.05) is 303 Å². The fourth-order valence-electron chi connectivity index (χ4n) is 15.2. The highest BCUT2D eigenvalue weighted by molar-refractivity contribution is 6.30. The molecule has 2 nitrogen and oxygen atoms in total. The highest BCUT2D eigenvalue weighted by atomic mass is 16.3. The molecule has 0 saturated carbocycles. The Morgan fingerprint density at radius 2 is 0.510 bits per heavy atom. The van der Waals surface area contributed by atoms with E-state index in [2.05, 4.69) is 54.6 Å². The van der Waals surface area contributed by atoms with Gasteiger partial charge in [-0.2, -0.15) is 0 Å². The van der Waals surface area contributed by atoms with Crippen LogP contribution in [0.25, 0.3) is 208 Å². The Kier molecular flexibility index (Phi) is 9.54. The monoisotopic (exact) mass is 1260 g/mol. The molecule has 0 amide bonds. The van der Waals surface area contributed by atoms with Gasteiger partial charge in [-0.05, 0) is 201 Å². The van der Waals surface area contributed by atoms with Crippen LogP contribution < -0.4 is 0 Å². The highest BCUT2D eigenvalue weighted by Gasteiger charge is 2.26. The highest BCUT2D eigenvalue weighted by Crippen LogP contribution is 2.52. The van der Waals surface area contributed by atoms with Crippen LogP contribution in [0.5, 0.6) is 0 Å². The second-order valence-electron chi connectivity index (χ2n) is 24.8. The summed E-state index contributed by atoms with van der Waals surface area (Å²) in [6.07, 6.45) is 0. The number of fused-ring (bicyclic) bond motifs is 16. The van der Waals surface area contributed by atoms with E-state index in [1.165, 1.54) is 0 Å². The predicted octanol–water partition coefficient (Wildman–Crippen LogP) is 27.6. The van der Waals surface area contributed by atoms with E-state index >= 15 is 0 Å². The molecule has 0 fully saturated rings. The summed E-state index contributed by atoms with van der Waals surface area (Å²) in [6, 6.07) is 76.9. The van der Waals surface area contributed by atoms with Crippen LogP contribution in [-0.4, -0.2) is 0 Å². The van der Waals surface area contributed by atoms with E-state index in [1.54, 1.807) is 0 Å². The van der Waals surface area contributed by atoms with Crippen LogP contribution in [0.3, 0.4) is 0 Å². The normalized spacial score (nSPS) is 14.2. The van der Waals surface area contributed by atoms with Gasteiger partial charge in [0.25, 0.3) is 0 Å². The maximum absolute atomic E-state index is 9.57. The van der Waals surface area contributed by atoms with Crippen molar-refractivity contribution >= 4 is 141 Å². The van der Waals surface area contributed by atoms with Crippen molar-refractivity contribution in [1.82, 2.24) is 0 Å². The topological polar surface area (TPSA) is 26.3 Å². The maximum Gasteiger partial charge on any atom is 0.143 e. The zero-order chi connectivity index (χ0) is 78.3. The number of rotatable bonds is 6. The Morgan fingerprint density at radius 1 is 0.194 bits per heavy atom. The Morgan fingerprint density at radius 3 is 0.959 bits per heavy atom. The van der Waals surface area contributed by atoms with Gasteiger partial charge in [0.05, 0.1) is 21.9 Å². The van der Waals surface area contributed by atoms with Gasteiger partial charge in [0.1, 0.15) is 22.3 Å². The Labute approximate surface area is 587 Å². The number of hydrogen-bond acceptors (Lipinski definition) is 2. The first kappa shape index (κ1) is 41.7. The van der Waals surface area contributed by atoms with Gasteiger partial charge < -0.3 is 8.83 Å². The first-order valence-corrected chi connectivity index (χ1v) is 32.5. The summed E-state index contributed by atoms with van der Waals surface area (Å²) in [7, 11) is 0. The smallest absolute Gasteiger partial charge is 0.143 e. The van der Waals surface area contributed by atoms with Crippen molar-refractivity contribution in [1.29, 1.82) is 0 Å². The lowest BCUT2D eigenvalue weighted by molar-refractivity contribution is 0.669. The van der Waals surface area contributed by atoms with Crippen molar-refractivity contribution in [2.45, 2.75) is 0 Å². The van der Waals surface area contributed by atoms with Gasteiger partial charge in [0, 0.05) is 32.7 Å². The summed E-state index contributed by atoms with van der Waals surface area (Å²) in [6.45, 7) is 0. The Bertz CT molecular complexity index is 7740. The number of hydrogen-bond donors (Lipinski definition) is 0. The number of para-hydroxylation sites is 2. The largest absolute Gasteiger partial charge is 0.455 e. The number of benzene rings is 19. The minimum atomic E-state index is -0.444. The lowest BCUT2D eigenvalue weighted by atomic mass is 9.83. The third kappa shape index (κ3) is 8.75. The molecule has 98 heavy (non-hydrogen) atoms. The third-order valence-corrected chi connectivity index (χ3v) is 19.5. The van der Waals surface area contributed by atoms with Crippen LogP contribution >= 0.6 is 0 Å². The molecule has 0 radical (unpaired) electrons. The summed E-state index contributed by atoms with van der Waals surface area (Å²) in [4.78, 5) is 0. The minimum Gasteiger partial charge on any atom is -0.455 e. The second-order valence-corrected chi connectivity index (χ2v) is 24.8.